The first-order valence-corrected chi connectivity index (χ1v) is 8.37. The summed E-state index contributed by atoms with van der Waals surface area (Å²) in [7, 11) is 0. The molecule has 0 amide bonds. The Morgan fingerprint density at radius 1 is 0.571 bits per heavy atom. The van der Waals surface area contributed by atoms with E-state index < -0.39 is 71.2 Å². The molecule has 0 aromatic heterocycles. The van der Waals surface area contributed by atoms with Crippen LogP contribution in [0.5, 0.6) is 0 Å². The molecular formula is C16H13F17O2. The molecule has 0 fully saturated rings. The van der Waals surface area contributed by atoms with Crippen LogP contribution in [0.2, 0.25) is 0 Å². The number of esters is 1. The molecule has 0 bridgehead atoms. The highest BCUT2D eigenvalue weighted by Gasteiger charge is 2.95. The molecule has 0 atom stereocenters. The van der Waals surface area contributed by atoms with Gasteiger partial charge in [-0.15, -0.1) is 0 Å². The van der Waals surface area contributed by atoms with E-state index in [1.807, 2.05) is 0 Å². The van der Waals surface area contributed by atoms with E-state index in [1.54, 1.807) is 0 Å². The molecule has 0 aromatic rings. The Balaban J connectivity index is 6.45. The predicted molar refractivity (Wildman–Crippen MR) is 80.2 cm³/mol. The molecule has 0 heterocycles. The van der Waals surface area contributed by atoms with Crippen LogP contribution in [-0.4, -0.2) is 60.2 Å². The molecule has 0 spiro atoms. The van der Waals surface area contributed by atoms with Gasteiger partial charge in [-0.1, -0.05) is 27.4 Å². The summed E-state index contributed by atoms with van der Waals surface area (Å²) >= 11 is 0. The van der Waals surface area contributed by atoms with Crippen molar-refractivity contribution in [1.82, 2.24) is 0 Å². The number of hydrogen-bond donors (Lipinski definition) is 0. The third-order valence-electron chi connectivity index (χ3n) is 4.32. The van der Waals surface area contributed by atoms with Crippen molar-refractivity contribution in [2.45, 2.75) is 68.4 Å². The molecule has 19 heteroatoms. The lowest BCUT2D eigenvalue weighted by molar-refractivity contribution is -0.462. The Morgan fingerprint density at radius 3 is 1.14 bits per heavy atom. The molecule has 0 saturated heterocycles. The number of hydrogen-bond acceptors (Lipinski definition) is 2. The summed E-state index contributed by atoms with van der Waals surface area (Å²) in [5.74, 6) is -59.3. The van der Waals surface area contributed by atoms with Gasteiger partial charge in [-0.2, -0.15) is 74.6 Å². The molecule has 0 rings (SSSR count). The van der Waals surface area contributed by atoms with Crippen molar-refractivity contribution in [2.75, 3.05) is 6.61 Å². The standard InChI is InChI=1S/C16H13F17O2/c1-6(8(2,3)4)7(34)35-5-9(17,18)10(19,20)11(21,22)12(23,24)13(25,26)14(27,28)15(29,30)16(31,32)33/h1,5H2,2-4H3. The van der Waals surface area contributed by atoms with Crippen molar-refractivity contribution >= 4 is 5.97 Å². The van der Waals surface area contributed by atoms with Gasteiger partial charge in [0.05, 0.1) is 0 Å². The van der Waals surface area contributed by atoms with Crippen molar-refractivity contribution in [3.05, 3.63) is 12.2 Å². The number of rotatable bonds is 9. The third-order valence-corrected chi connectivity index (χ3v) is 4.32. The fourth-order valence-corrected chi connectivity index (χ4v) is 1.84. The number of carbonyl (C=O) groups excluding carboxylic acids is 1. The smallest absolute Gasteiger partial charge is 0.456 e. The van der Waals surface area contributed by atoms with Crippen LogP contribution < -0.4 is 0 Å². The second kappa shape index (κ2) is 8.55. The fourth-order valence-electron chi connectivity index (χ4n) is 1.84. The average molecular weight is 560 g/mol. The fraction of sp³-hybridized carbons (Fsp3) is 0.812. The molecule has 2 nitrogen and oxygen atoms in total. The van der Waals surface area contributed by atoms with E-state index in [0.717, 1.165) is 20.8 Å². The minimum Gasteiger partial charge on any atom is -0.456 e. The van der Waals surface area contributed by atoms with E-state index in [1.165, 1.54) is 0 Å². The maximum atomic E-state index is 13.6. The largest absolute Gasteiger partial charge is 0.460 e. The molecule has 0 aliphatic heterocycles. The van der Waals surface area contributed by atoms with E-state index in [4.69, 9.17) is 0 Å². The summed E-state index contributed by atoms with van der Waals surface area (Å²) in [5, 5.41) is 0. The molecular weight excluding hydrogens is 547 g/mol. The summed E-state index contributed by atoms with van der Waals surface area (Å²) in [5.41, 5.74) is -2.14. The van der Waals surface area contributed by atoms with Gasteiger partial charge in [0.15, 0.2) is 6.61 Å². The average Bonchev–Trinajstić information content (AvgIpc) is 2.62. The molecule has 0 N–H and O–H groups in total. The number of carbonyl (C=O) groups is 1. The van der Waals surface area contributed by atoms with Gasteiger partial charge in [-0.05, 0) is 5.41 Å². The maximum Gasteiger partial charge on any atom is 0.460 e. The Bertz CT molecular complexity index is 817. The summed E-state index contributed by atoms with van der Waals surface area (Å²) in [6.45, 7) is 3.12. The molecule has 0 aliphatic rings. The van der Waals surface area contributed by atoms with Crippen molar-refractivity contribution in [1.29, 1.82) is 0 Å². The number of halogens is 17. The summed E-state index contributed by atoms with van der Waals surface area (Å²) in [6, 6.07) is 0. The van der Waals surface area contributed by atoms with E-state index >= 15 is 0 Å². The first-order chi connectivity index (χ1) is 14.8. The topological polar surface area (TPSA) is 26.3 Å². The zero-order valence-electron chi connectivity index (χ0n) is 17.2. The summed E-state index contributed by atoms with van der Waals surface area (Å²) in [4.78, 5) is 11.5. The number of alkyl halides is 17. The zero-order chi connectivity index (χ0) is 29.1. The SMILES string of the molecule is C=C(C(=O)OCC(F)(F)C(F)(F)C(F)(F)C(F)(F)C(F)(F)C(F)(F)C(F)(F)C(F)(F)F)C(C)(C)C. The lowest BCUT2D eigenvalue weighted by Gasteiger charge is -2.42. The van der Waals surface area contributed by atoms with Crippen LogP contribution in [0.4, 0.5) is 74.6 Å². The predicted octanol–water partition coefficient (Wildman–Crippen LogP) is 7.14. The van der Waals surface area contributed by atoms with Gasteiger partial charge in [0.25, 0.3) is 0 Å². The van der Waals surface area contributed by atoms with Gasteiger partial charge in [-0.3, -0.25) is 0 Å². The van der Waals surface area contributed by atoms with Crippen molar-refractivity contribution in [3.63, 3.8) is 0 Å². The van der Waals surface area contributed by atoms with E-state index in [-0.39, 0.29) is 0 Å². The van der Waals surface area contributed by atoms with Gasteiger partial charge in [-0.25, -0.2) is 4.79 Å². The Morgan fingerprint density at radius 2 is 0.857 bits per heavy atom. The Hall–Kier alpha value is -1.98. The van der Waals surface area contributed by atoms with Crippen molar-refractivity contribution in [3.8, 4) is 0 Å². The Kier molecular flexibility index (Phi) is 8.07. The summed E-state index contributed by atoms with van der Waals surface area (Å²) < 4.78 is 226. The van der Waals surface area contributed by atoms with Gasteiger partial charge >= 0.3 is 53.6 Å². The minimum atomic E-state index is -8.71. The molecule has 0 radical (unpaired) electrons. The van der Waals surface area contributed by atoms with E-state index in [0.29, 0.717) is 0 Å². The van der Waals surface area contributed by atoms with Crippen LogP contribution in [0.25, 0.3) is 0 Å². The van der Waals surface area contributed by atoms with Crippen LogP contribution in [-0.2, 0) is 9.53 Å². The lowest BCUT2D eigenvalue weighted by Crippen LogP contribution is -2.74. The normalized spacial score (nSPS) is 15.8. The van der Waals surface area contributed by atoms with E-state index in [2.05, 4.69) is 11.3 Å². The van der Waals surface area contributed by atoms with Crippen molar-refractivity contribution in [2.24, 2.45) is 5.41 Å². The first kappa shape index (κ1) is 33.0. The second-order valence-electron chi connectivity index (χ2n) is 7.95. The zero-order valence-corrected chi connectivity index (χ0v) is 17.2. The van der Waals surface area contributed by atoms with Gasteiger partial charge in [0.2, 0.25) is 0 Å². The van der Waals surface area contributed by atoms with Crippen LogP contribution in [0, 0.1) is 5.41 Å². The molecule has 0 aliphatic carbocycles. The molecule has 0 saturated carbocycles. The highest BCUT2D eigenvalue weighted by atomic mass is 19.4. The maximum absolute atomic E-state index is 13.6. The molecule has 0 unspecified atom stereocenters. The monoisotopic (exact) mass is 560 g/mol. The third kappa shape index (κ3) is 4.86. The molecule has 35 heavy (non-hydrogen) atoms. The first-order valence-electron chi connectivity index (χ1n) is 8.37. The van der Waals surface area contributed by atoms with Gasteiger partial charge < -0.3 is 4.74 Å². The highest BCUT2D eigenvalue weighted by Crippen LogP contribution is 2.63. The number of ether oxygens (including phenoxy) is 1. The second-order valence-corrected chi connectivity index (χ2v) is 7.95. The van der Waals surface area contributed by atoms with Crippen LogP contribution >= 0.6 is 0 Å². The Labute approximate surface area is 184 Å². The highest BCUT2D eigenvalue weighted by molar-refractivity contribution is 5.89. The van der Waals surface area contributed by atoms with Gasteiger partial charge in [0.1, 0.15) is 0 Å². The minimum absolute atomic E-state index is 0.797. The molecule has 0 aromatic carbocycles. The van der Waals surface area contributed by atoms with Gasteiger partial charge in [0, 0.05) is 5.57 Å². The van der Waals surface area contributed by atoms with Crippen molar-refractivity contribution < 1.29 is 84.2 Å². The quantitative estimate of drug-likeness (QED) is 0.170. The van der Waals surface area contributed by atoms with Crippen LogP contribution in [0.1, 0.15) is 20.8 Å². The van der Waals surface area contributed by atoms with Crippen LogP contribution in [0.15, 0.2) is 12.2 Å². The van der Waals surface area contributed by atoms with Crippen LogP contribution in [0.3, 0.4) is 0 Å². The lowest BCUT2D eigenvalue weighted by atomic mass is 9.87. The van der Waals surface area contributed by atoms with E-state index in [9.17, 15) is 79.4 Å². The molecule has 208 valence electrons. The summed E-state index contributed by atoms with van der Waals surface area (Å²) in [6.07, 6.45) is -7.82.